The molecule has 1 saturated heterocycles. The molecular formula is C40H57N5O3S2. The Morgan fingerprint density at radius 2 is 1.12 bits per heavy atom. The van der Waals surface area contributed by atoms with E-state index in [1.807, 2.05) is 53.4 Å². The van der Waals surface area contributed by atoms with Crippen LogP contribution in [0.25, 0.3) is 0 Å². The summed E-state index contributed by atoms with van der Waals surface area (Å²) in [5.74, 6) is 6.71. The summed E-state index contributed by atoms with van der Waals surface area (Å²) in [6.07, 6.45) is 4.95. The molecule has 0 bridgehead atoms. The predicted molar refractivity (Wildman–Crippen MR) is 211 cm³/mol. The standard InChI is InChI=1S/C40H57N5O3S2/c46-40(35-15-13-34(14-16-35)33-44-21-7-29-49-27-5-17-41-18-6-28-50-30-8-22-44)45-23-19-42-31-36-9-1-3-11-38(36)47-25-26-48-39-12-4-2-10-37(39)32-43-20-24-45/h1-4,9-16,41-43H,5-8,17-33H2. The van der Waals surface area contributed by atoms with E-state index in [9.17, 15) is 4.79 Å². The lowest BCUT2D eigenvalue weighted by molar-refractivity contribution is 0.0758. The zero-order valence-corrected chi connectivity index (χ0v) is 31.3. The van der Waals surface area contributed by atoms with Gasteiger partial charge < -0.3 is 30.3 Å². The number of para-hydroxylation sites is 2. The average Bonchev–Trinajstić information content (AvgIpc) is 3.14. The Bertz CT molecular complexity index is 1320. The van der Waals surface area contributed by atoms with Crippen LogP contribution in [0.5, 0.6) is 11.5 Å². The molecule has 1 fully saturated rings. The number of ether oxygens (including phenoxy) is 2. The summed E-state index contributed by atoms with van der Waals surface area (Å²) >= 11 is 4.18. The molecule has 1 amide bonds. The highest BCUT2D eigenvalue weighted by Crippen LogP contribution is 2.20. The maximum absolute atomic E-state index is 13.9. The van der Waals surface area contributed by atoms with Crippen LogP contribution in [-0.4, -0.2) is 104 Å². The first kappa shape index (κ1) is 38.5. The third-order valence-corrected chi connectivity index (χ3v) is 11.3. The molecule has 272 valence electrons. The minimum absolute atomic E-state index is 0.0693. The van der Waals surface area contributed by atoms with Crippen molar-refractivity contribution in [1.82, 2.24) is 25.8 Å². The van der Waals surface area contributed by atoms with Gasteiger partial charge in [-0.05, 0) is 105 Å². The second-order valence-corrected chi connectivity index (χ2v) is 15.4. The van der Waals surface area contributed by atoms with Crippen LogP contribution in [0, 0.1) is 0 Å². The minimum atomic E-state index is 0.0693. The number of carbonyl (C=O) groups is 1. The van der Waals surface area contributed by atoms with Crippen LogP contribution in [0.15, 0.2) is 72.8 Å². The number of thioether (sulfide) groups is 2. The monoisotopic (exact) mass is 719 g/mol. The van der Waals surface area contributed by atoms with Gasteiger partial charge in [0.25, 0.3) is 5.91 Å². The molecule has 3 N–H and O–H groups in total. The summed E-state index contributed by atoms with van der Waals surface area (Å²) in [5, 5.41) is 10.7. The Hall–Kier alpha value is -2.73. The van der Waals surface area contributed by atoms with E-state index in [-0.39, 0.29) is 5.91 Å². The van der Waals surface area contributed by atoms with E-state index in [0.29, 0.717) is 52.5 Å². The van der Waals surface area contributed by atoms with Gasteiger partial charge in [-0.3, -0.25) is 9.69 Å². The van der Waals surface area contributed by atoms with E-state index >= 15 is 0 Å². The fourth-order valence-electron chi connectivity index (χ4n) is 6.25. The van der Waals surface area contributed by atoms with Crippen molar-refractivity contribution in [2.24, 2.45) is 0 Å². The molecule has 0 unspecified atom stereocenters. The van der Waals surface area contributed by atoms with E-state index in [4.69, 9.17) is 9.47 Å². The Balaban J connectivity index is 1.19. The van der Waals surface area contributed by atoms with Crippen molar-refractivity contribution in [2.75, 3.05) is 88.6 Å². The Labute approximate surface area is 308 Å². The molecule has 8 nitrogen and oxygen atoms in total. The summed E-state index contributed by atoms with van der Waals surface area (Å²) in [5.41, 5.74) is 4.21. The summed E-state index contributed by atoms with van der Waals surface area (Å²) in [4.78, 5) is 18.5. The van der Waals surface area contributed by atoms with Crippen LogP contribution >= 0.6 is 23.5 Å². The first-order valence-corrected chi connectivity index (χ1v) is 20.9. The highest BCUT2D eigenvalue weighted by atomic mass is 32.2. The lowest BCUT2D eigenvalue weighted by Gasteiger charge is -2.24. The van der Waals surface area contributed by atoms with Crippen LogP contribution in [0.3, 0.4) is 0 Å². The Morgan fingerprint density at radius 3 is 1.68 bits per heavy atom. The van der Waals surface area contributed by atoms with E-state index < -0.39 is 0 Å². The lowest BCUT2D eigenvalue weighted by Crippen LogP contribution is -2.40. The number of benzene rings is 3. The number of amides is 1. The summed E-state index contributed by atoms with van der Waals surface area (Å²) in [7, 11) is 0. The molecular weight excluding hydrogens is 663 g/mol. The Morgan fingerprint density at radius 1 is 0.600 bits per heavy atom. The van der Waals surface area contributed by atoms with Crippen molar-refractivity contribution >= 4 is 29.4 Å². The second kappa shape index (κ2) is 23.0. The molecule has 0 aromatic heterocycles. The molecule has 2 aliphatic rings. The van der Waals surface area contributed by atoms with Gasteiger partial charge in [0.05, 0.1) is 0 Å². The topological polar surface area (TPSA) is 78.1 Å². The molecule has 2 aliphatic heterocycles. The van der Waals surface area contributed by atoms with Crippen molar-refractivity contribution < 1.29 is 14.3 Å². The molecule has 5 rings (SSSR count). The normalized spacial score (nSPS) is 19.2. The van der Waals surface area contributed by atoms with Crippen molar-refractivity contribution in [3.8, 4) is 11.5 Å². The average molecular weight is 720 g/mol. The van der Waals surface area contributed by atoms with Gasteiger partial charge in [0.1, 0.15) is 24.7 Å². The van der Waals surface area contributed by atoms with Gasteiger partial charge in [0, 0.05) is 62.5 Å². The number of rotatable bonds is 3. The molecule has 0 aliphatic carbocycles. The summed E-state index contributed by atoms with van der Waals surface area (Å²) in [6, 6.07) is 24.6. The highest BCUT2D eigenvalue weighted by molar-refractivity contribution is 7.99. The maximum Gasteiger partial charge on any atom is 0.253 e. The van der Waals surface area contributed by atoms with Gasteiger partial charge in [0.2, 0.25) is 0 Å². The SMILES string of the molecule is O=C(c1ccc(CN2CCCSCCCNCCCSCCC2)cc1)N1CCNCc2ccccc2OCCOc2ccccc2CNCC1. The van der Waals surface area contributed by atoms with E-state index in [1.165, 1.54) is 54.3 Å². The first-order chi connectivity index (χ1) is 24.8. The van der Waals surface area contributed by atoms with Crippen molar-refractivity contribution in [3.05, 3.63) is 95.1 Å². The van der Waals surface area contributed by atoms with Crippen molar-refractivity contribution in [2.45, 2.75) is 45.3 Å². The van der Waals surface area contributed by atoms with Gasteiger partial charge in [-0.2, -0.15) is 23.5 Å². The van der Waals surface area contributed by atoms with Gasteiger partial charge in [-0.15, -0.1) is 0 Å². The van der Waals surface area contributed by atoms with Crippen molar-refractivity contribution in [1.29, 1.82) is 0 Å². The molecule has 0 atom stereocenters. The van der Waals surface area contributed by atoms with Crippen LogP contribution in [0.2, 0.25) is 0 Å². The van der Waals surface area contributed by atoms with E-state index in [0.717, 1.165) is 60.9 Å². The maximum atomic E-state index is 13.9. The molecule has 0 radical (unpaired) electrons. The van der Waals surface area contributed by atoms with Gasteiger partial charge in [-0.1, -0.05) is 48.5 Å². The number of fused-ring (bicyclic) bond motifs is 2. The quantitative estimate of drug-likeness (QED) is 0.306. The Kier molecular flexibility index (Phi) is 17.7. The molecule has 50 heavy (non-hydrogen) atoms. The largest absolute Gasteiger partial charge is 0.490 e. The van der Waals surface area contributed by atoms with Crippen LogP contribution in [0.1, 0.15) is 52.7 Å². The van der Waals surface area contributed by atoms with Gasteiger partial charge in [0.15, 0.2) is 0 Å². The van der Waals surface area contributed by atoms with Gasteiger partial charge in [-0.25, -0.2) is 0 Å². The third kappa shape index (κ3) is 13.8. The van der Waals surface area contributed by atoms with Crippen molar-refractivity contribution in [3.63, 3.8) is 0 Å². The zero-order chi connectivity index (χ0) is 34.5. The highest BCUT2D eigenvalue weighted by Gasteiger charge is 2.17. The van der Waals surface area contributed by atoms with Gasteiger partial charge >= 0.3 is 0 Å². The third-order valence-electron chi connectivity index (χ3n) is 9.00. The zero-order valence-electron chi connectivity index (χ0n) is 29.7. The van der Waals surface area contributed by atoms with Crippen LogP contribution in [-0.2, 0) is 19.6 Å². The molecule has 2 heterocycles. The fourth-order valence-corrected chi connectivity index (χ4v) is 8.02. The second-order valence-electron chi connectivity index (χ2n) is 12.9. The van der Waals surface area contributed by atoms with E-state index in [2.05, 4.69) is 68.6 Å². The van der Waals surface area contributed by atoms with E-state index in [1.54, 1.807) is 0 Å². The summed E-state index contributed by atoms with van der Waals surface area (Å²) in [6.45, 7) is 10.3. The number of hydrogen-bond donors (Lipinski definition) is 3. The minimum Gasteiger partial charge on any atom is -0.490 e. The number of nitrogens with zero attached hydrogens (tertiary/aromatic N) is 2. The number of hydrogen-bond acceptors (Lipinski definition) is 9. The molecule has 10 heteroatoms. The number of nitrogens with one attached hydrogen (secondary N) is 3. The molecule has 3 aromatic rings. The predicted octanol–water partition coefficient (Wildman–Crippen LogP) is 5.91. The first-order valence-electron chi connectivity index (χ1n) is 18.6. The number of carbonyl (C=O) groups excluding carboxylic acids is 1. The smallest absolute Gasteiger partial charge is 0.253 e. The fraction of sp³-hybridized carbons (Fsp3) is 0.525. The molecule has 0 spiro atoms. The van der Waals surface area contributed by atoms with Crippen LogP contribution < -0.4 is 25.4 Å². The summed E-state index contributed by atoms with van der Waals surface area (Å²) < 4.78 is 12.2. The lowest BCUT2D eigenvalue weighted by atomic mass is 10.1. The molecule has 3 aromatic carbocycles. The molecule has 0 saturated carbocycles. The van der Waals surface area contributed by atoms with Crippen LogP contribution in [0.4, 0.5) is 0 Å².